The second kappa shape index (κ2) is 6.29. The van der Waals surface area contributed by atoms with Gasteiger partial charge in [-0.1, -0.05) is 6.92 Å². The van der Waals surface area contributed by atoms with Crippen molar-refractivity contribution >= 4 is 11.6 Å². The fourth-order valence-corrected chi connectivity index (χ4v) is 1.57. The van der Waals surface area contributed by atoms with Crippen molar-refractivity contribution in [2.45, 2.75) is 13.3 Å². The van der Waals surface area contributed by atoms with Crippen LogP contribution in [-0.2, 0) is 0 Å². The quantitative estimate of drug-likeness (QED) is 0.837. The maximum Gasteiger partial charge on any atom is 0.321 e. The van der Waals surface area contributed by atoms with Gasteiger partial charge in [0.25, 0.3) is 0 Å². The molecular weight excluding hydrogens is 268 g/mol. The van der Waals surface area contributed by atoms with Gasteiger partial charge in [0.2, 0.25) is 5.28 Å². The molecule has 0 aromatic carbocycles. The maximum atomic E-state index is 5.86. The van der Waals surface area contributed by atoms with E-state index in [1.807, 2.05) is 6.92 Å². The second-order valence-electron chi connectivity index (χ2n) is 3.61. The van der Waals surface area contributed by atoms with Crippen LogP contribution in [0.25, 0.3) is 11.5 Å². The number of hydrogen-bond acceptors (Lipinski definition) is 6. The molecule has 0 amide bonds. The molecule has 0 aliphatic heterocycles. The predicted molar refractivity (Wildman–Crippen MR) is 70.4 cm³/mol. The van der Waals surface area contributed by atoms with Crippen molar-refractivity contribution in [3.05, 3.63) is 23.6 Å². The van der Waals surface area contributed by atoms with Crippen LogP contribution in [0.2, 0.25) is 5.28 Å². The summed E-state index contributed by atoms with van der Waals surface area (Å²) in [4.78, 5) is 16.3. The highest BCUT2D eigenvalue weighted by Gasteiger charge is 2.13. The lowest BCUT2D eigenvalue weighted by molar-refractivity contribution is 0.291. The Morgan fingerprint density at radius 2 is 2.11 bits per heavy atom. The van der Waals surface area contributed by atoms with Crippen LogP contribution in [0.5, 0.6) is 11.8 Å². The van der Waals surface area contributed by atoms with Gasteiger partial charge in [-0.15, -0.1) is 0 Å². The molecular formula is C12H13ClN4O2. The van der Waals surface area contributed by atoms with Gasteiger partial charge >= 0.3 is 6.01 Å². The molecule has 0 radical (unpaired) electrons. The summed E-state index contributed by atoms with van der Waals surface area (Å²) >= 11 is 5.86. The molecule has 0 saturated heterocycles. The molecule has 0 bridgehead atoms. The van der Waals surface area contributed by atoms with Crippen LogP contribution in [0.1, 0.15) is 13.3 Å². The van der Waals surface area contributed by atoms with E-state index < -0.39 is 0 Å². The number of nitrogens with zero attached hydrogens (tertiary/aromatic N) is 4. The summed E-state index contributed by atoms with van der Waals surface area (Å²) in [5.74, 6) is 0.884. The zero-order valence-electron chi connectivity index (χ0n) is 10.6. The van der Waals surface area contributed by atoms with Crippen molar-refractivity contribution in [2.24, 2.45) is 0 Å². The Balaban J connectivity index is 2.41. The smallest absolute Gasteiger partial charge is 0.321 e. The molecule has 2 aromatic rings. The molecule has 0 spiro atoms. The van der Waals surface area contributed by atoms with Crippen LogP contribution in [0.15, 0.2) is 18.3 Å². The molecule has 0 fully saturated rings. The number of hydrogen-bond donors (Lipinski definition) is 0. The third-order valence-corrected chi connectivity index (χ3v) is 2.39. The summed E-state index contributed by atoms with van der Waals surface area (Å²) in [6, 6.07) is 3.72. The summed E-state index contributed by atoms with van der Waals surface area (Å²) in [5.41, 5.74) is 0.496. The largest absolute Gasteiger partial charge is 0.494 e. The lowest BCUT2D eigenvalue weighted by Gasteiger charge is -2.07. The first-order valence-corrected chi connectivity index (χ1v) is 6.16. The normalized spacial score (nSPS) is 10.3. The summed E-state index contributed by atoms with van der Waals surface area (Å²) in [7, 11) is 1.55. The van der Waals surface area contributed by atoms with Gasteiger partial charge in [0, 0.05) is 6.20 Å². The van der Waals surface area contributed by atoms with Gasteiger partial charge in [0.1, 0.15) is 11.4 Å². The predicted octanol–water partition coefficient (Wildman–Crippen LogP) is 2.38. The molecule has 100 valence electrons. The van der Waals surface area contributed by atoms with Crippen LogP contribution in [0, 0.1) is 0 Å². The van der Waals surface area contributed by atoms with E-state index >= 15 is 0 Å². The number of halogens is 1. The van der Waals surface area contributed by atoms with E-state index in [2.05, 4.69) is 19.9 Å². The van der Waals surface area contributed by atoms with E-state index in [-0.39, 0.29) is 11.3 Å². The van der Waals surface area contributed by atoms with Gasteiger partial charge in [-0.3, -0.25) is 0 Å². The molecule has 0 atom stereocenters. The Labute approximate surface area is 115 Å². The monoisotopic (exact) mass is 280 g/mol. The molecule has 0 unspecified atom stereocenters. The van der Waals surface area contributed by atoms with Crippen molar-refractivity contribution in [3.8, 4) is 23.3 Å². The van der Waals surface area contributed by atoms with Crippen molar-refractivity contribution < 1.29 is 9.47 Å². The van der Waals surface area contributed by atoms with Crippen molar-refractivity contribution in [1.29, 1.82) is 0 Å². The highest BCUT2D eigenvalue weighted by molar-refractivity contribution is 6.28. The van der Waals surface area contributed by atoms with Gasteiger partial charge in [-0.2, -0.15) is 15.0 Å². The van der Waals surface area contributed by atoms with Crippen LogP contribution < -0.4 is 9.47 Å². The first-order chi connectivity index (χ1) is 9.24. The first-order valence-electron chi connectivity index (χ1n) is 5.78. The third kappa shape index (κ3) is 3.29. The van der Waals surface area contributed by atoms with Gasteiger partial charge in [0.15, 0.2) is 5.82 Å². The van der Waals surface area contributed by atoms with Crippen LogP contribution in [0.4, 0.5) is 0 Å². The van der Waals surface area contributed by atoms with Crippen molar-refractivity contribution in [2.75, 3.05) is 13.7 Å². The average molecular weight is 281 g/mol. The third-order valence-electron chi connectivity index (χ3n) is 2.23. The Morgan fingerprint density at radius 1 is 1.26 bits per heavy atom. The number of aromatic nitrogens is 4. The highest BCUT2D eigenvalue weighted by Crippen LogP contribution is 2.25. The fraction of sp³-hybridized carbons (Fsp3) is 0.333. The van der Waals surface area contributed by atoms with E-state index in [0.717, 1.165) is 6.42 Å². The second-order valence-corrected chi connectivity index (χ2v) is 3.95. The lowest BCUT2D eigenvalue weighted by Crippen LogP contribution is -2.04. The number of pyridine rings is 1. The van der Waals surface area contributed by atoms with Crippen LogP contribution >= 0.6 is 11.6 Å². The summed E-state index contributed by atoms with van der Waals surface area (Å²) in [6.07, 6.45) is 2.48. The number of methoxy groups -OCH3 is 1. The van der Waals surface area contributed by atoms with Gasteiger partial charge in [0.05, 0.1) is 13.7 Å². The maximum absolute atomic E-state index is 5.86. The van der Waals surface area contributed by atoms with Crippen LogP contribution in [0.3, 0.4) is 0 Å². The van der Waals surface area contributed by atoms with Gasteiger partial charge in [-0.25, -0.2) is 4.98 Å². The molecule has 0 saturated carbocycles. The average Bonchev–Trinajstić information content (AvgIpc) is 2.44. The number of ether oxygens (including phenoxy) is 2. The van der Waals surface area contributed by atoms with E-state index in [0.29, 0.717) is 23.9 Å². The molecule has 0 aliphatic carbocycles. The Bertz CT molecular complexity index is 565. The van der Waals surface area contributed by atoms with E-state index in [9.17, 15) is 0 Å². The zero-order chi connectivity index (χ0) is 13.7. The molecule has 2 heterocycles. The SMILES string of the molecule is CCCOc1nc(Cl)nc(-c2ncccc2OC)n1. The minimum atomic E-state index is 0.0591. The lowest BCUT2D eigenvalue weighted by atomic mass is 10.3. The summed E-state index contributed by atoms with van der Waals surface area (Å²) in [6.45, 7) is 2.50. The molecule has 19 heavy (non-hydrogen) atoms. The fourth-order valence-electron chi connectivity index (χ4n) is 1.42. The summed E-state index contributed by atoms with van der Waals surface area (Å²) < 4.78 is 10.6. The minimum absolute atomic E-state index is 0.0591. The Kier molecular flexibility index (Phi) is 4.46. The minimum Gasteiger partial charge on any atom is -0.494 e. The van der Waals surface area contributed by atoms with E-state index in [1.165, 1.54) is 0 Å². The van der Waals surface area contributed by atoms with Gasteiger partial charge < -0.3 is 9.47 Å². The molecule has 6 nitrogen and oxygen atoms in total. The molecule has 0 aliphatic rings. The van der Waals surface area contributed by atoms with Crippen molar-refractivity contribution in [1.82, 2.24) is 19.9 Å². The van der Waals surface area contributed by atoms with E-state index in [4.69, 9.17) is 21.1 Å². The standard InChI is InChI=1S/C12H13ClN4O2/c1-3-7-19-12-16-10(15-11(13)17-12)9-8(18-2)5-4-6-14-9/h4-6H,3,7H2,1-2H3. The zero-order valence-corrected chi connectivity index (χ0v) is 11.4. The highest BCUT2D eigenvalue weighted by atomic mass is 35.5. The van der Waals surface area contributed by atoms with Gasteiger partial charge in [-0.05, 0) is 30.2 Å². The molecule has 0 N–H and O–H groups in total. The molecule has 2 rings (SSSR count). The summed E-state index contributed by atoms with van der Waals surface area (Å²) in [5, 5.41) is 0.0591. The Hall–Kier alpha value is -1.95. The number of rotatable bonds is 5. The molecule has 2 aromatic heterocycles. The first kappa shape index (κ1) is 13.5. The molecule has 7 heteroatoms. The van der Waals surface area contributed by atoms with Crippen molar-refractivity contribution in [3.63, 3.8) is 0 Å². The topological polar surface area (TPSA) is 70.0 Å². The Morgan fingerprint density at radius 3 is 2.84 bits per heavy atom. The van der Waals surface area contributed by atoms with E-state index in [1.54, 1.807) is 25.4 Å². The van der Waals surface area contributed by atoms with Crippen LogP contribution in [-0.4, -0.2) is 33.7 Å².